The molecule has 0 spiro atoms. The fraction of sp³-hybridized carbons (Fsp3) is 0.158. The molecule has 1 N–H and O–H groups in total. The molecule has 1 aromatic heterocycles. The summed E-state index contributed by atoms with van der Waals surface area (Å²) in [6, 6.07) is 16.2. The van der Waals surface area contributed by atoms with Crippen molar-refractivity contribution >= 4 is 11.7 Å². The van der Waals surface area contributed by atoms with Crippen molar-refractivity contribution in [3.8, 4) is 5.69 Å². The number of hydrogen-bond acceptors (Lipinski definition) is 4. The second-order valence-electron chi connectivity index (χ2n) is 5.93. The van der Waals surface area contributed by atoms with Gasteiger partial charge in [-0.2, -0.15) is 5.10 Å². The molecule has 1 unspecified atom stereocenters. The highest BCUT2D eigenvalue weighted by molar-refractivity contribution is 5.80. The van der Waals surface area contributed by atoms with Crippen molar-refractivity contribution in [2.24, 2.45) is 5.29 Å². The number of carboxylic acid groups (broad SMARTS) is 1. The van der Waals surface area contributed by atoms with Gasteiger partial charge in [-0.15, -0.1) is 4.91 Å². The van der Waals surface area contributed by atoms with Gasteiger partial charge in [0.1, 0.15) is 0 Å². The maximum atomic E-state index is 11.8. The molecule has 132 valence electrons. The summed E-state index contributed by atoms with van der Waals surface area (Å²) in [5.74, 6) is -1.15. The number of benzene rings is 2. The van der Waals surface area contributed by atoms with Crippen molar-refractivity contribution < 1.29 is 9.90 Å². The Labute approximate surface area is 150 Å². The lowest BCUT2D eigenvalue weighted by atomic mass is 10.1. The first-order valence-electron chi connectivity index (χ1n) is 8.05. The third-order valence-corrected chi connectivity index (χ3v) is 4.05. The molecular formula is C19H18N4O3. The highest BCUT2D eigenvalue weighted by Crippen LogP contribution is 2.29. The van der Waals surface area contributed by atoms with Gasteiger partial charge >= 0.3 is 5.97 Å². The zero-order chi connectivity index (χ0) is 18.7. The highest BCUT2D eigenvalue weighted by atomic mass is 16.4. The largest absolute Gasteiger partial charge is 0.479 e. The first kappa shape index (κ1) is 17.3. The lowest BCUT2D eigenvalue weighted by molar-refractivity contribution is -0.138. The maximum Gasteiger partial charge on any atom is 0.333 e. The molecule has 26 heavy (non-hydrogen) atoms. The minimum absolute atomic E-state index is 0.390. The van der Waals surface area contributed by atoms with E-state index in [4.69, 9.17) is 0 Å². The van der Waals surface area contributed by atoms with Crippen molar-refractivity contribution in [3.63, 3.8) is 0 Å². The first-order chi connectivity index (χ1) is 12.5. The highest BCUT2D eigenvalue weighted by Gasteiger charge is 2.29. The minimum atomic E-state index is -1.20. The van der Waals surface area contributed by atoms with Crippen LogP contribution < -0.4 is 5.01 Å². The minimum Gasteiger partial charge on any atom is -0.479 e. The summed E-state index contributed by atoms with van der Waals surface area (Å²) >= 11 is 0. The Hall–Kier alpha value is -3.48. The van der Waals surface area contributed by atoms with Crippen molar-refractivity contribution in [2.45, 2.75) is 19.9 Å². The SMILES string of the molecule is Cc1cc(C)n(-c2ccc(N(N=O)C(C(=O)O)c3ccccc3)cc2)n1. The quantitative estimate of drug-likeness (QED) is 0.539. The molecule has 0 aliphatic rings. The number of carbonyl (C=O) groups is 1. The maximum absolute atomic E-state index is 11.8. The Morgan fingerprint density at radius 3 is 2.27 bits per heavy atom. The van der Waals surface area contributed by atoms with Gasteiger partial charge in [-0.1, -0.05) is 30.3 Å². The van der Waals surface area contributed by atoms with Gasteiger partial charge in [0, 0.05) is 5.69 Å². The van der Waals surface area contributed by atoms with Gasteiger partial charge in [0.25, 0.3) is 0 Å². The van der Waals surface area contributed by atoms with E-state index >= 15 is 0 Å². The molecule has 0 fully saturated rings. The van der Waals surface area contributed by atoms with Crippen LogP contribution in [0, 0.1) is 18.8 Å². The number of aryl methyl sites for hydroxylation is 2. The topological polar surface area (TPSA) is 87.8 Å². The monoisotopic (exact) mass is 350 g/mol. The van der Waals surface area contributed by atoms with Crippen LogP contribution in [0.25, 0.3) is 5.69 Å². The van der Waals surface area contributed by atoms with Crippen molar-refractivity contribution in [1.82, 2.24) is 9.78 Å². The number of carboxylic acids is 1. The normalized spacial score (nSPS) is 11.8. The average molecular weight is 350 g/mol. The summed E-state index contributed by atoms with van der Waals surface area (Å²) < 4.78 is 1.78. The molecule has 0 aliphatic heterocycles. The predicted octanol–water partition coefficient (Wildman–Crippen LogP) is 3.80. The van der Waals surface area contributed by atoms with E-state index in [1.54, 1.807) is 59.3 Å². The third kappa shape index (κ3) is 3.32. The number of aromatic nitrogens is 2. The molecule has 0 radical (unpaired) electrons. The Kier molecular flexibility index (Phi) is 4.79. The number of nitroso groups, excluding NO2 is 1. The molecule has 2 aromatic carbocycles. The number of nitrogens with zero attached hydrogens (tertiary/aromatic N) is 4. The van der Waals surface area contributed by atoms with E-state index in [0.717, 1.165) is 22.1 Å². The van der Waals surface area contributed by atoms with Crippen LogP contribution >= 0.6 is 0 Å². The molecule has 0 saturated heterocycles. The van der Waals surface area contributed by atoms with Gasteiger partial charge in [-0.25, -0.2) is 14.5 Å². The van der Waals surface area contributed by atoms with Crippen molar-refractivity contribution in [3.05, 3.63) is 82.5 Å². The van der Waals surface area contributed by atoms with E-state index in [-0.39, 0.29) is 0 Å². The van der Waals surface area contributed by atoms with Crippen molar-refractivity contribution in [2.75, 3.05) is 5.01 Å². The lowest BCUT2D eigenvalue weighted by Crippen LogP contribution is -2.29. The fourth-order valence-corrected chi connectivity index (χ4v) is 2.90. The number of hydrogen-bond donors (Lipinski definition) is 1. The van der Waals surface area contributed by atoms with E-state index in [1.165, 1.54) is 0 Å². The molecule has 1 heterocycles. The molecule has 7 heteroatoms. The van der Waals surface area contributed by atoms with Gasteiger partial charge in [0.2, 0.25) is 0 Å². The Bertz CT molecular complexity index is 920. The number of rotatable bonds is 6. The third-order valence-electron chi connectivity index (χ3n) is 4.05. The standard InChI is InChI=1S/C19H18N4O3/c1-13-12-14(2)22(20-13)16-8-10-17(11-9-16)23(21-26)18(19(24)25)15-6-4-3-5-7-15/h3-12,18H,1-2H3,(H,24,25). The van der Waals surface area contributed by atoms with Crippen LogP contribution in [-0.4, -0.2) is 20.9 Å². The van der Waals surface area contributed by atoms with Crippen LogP contribution in [0.4, 0.5) is 5.69 Å². The second-order valence-corrected chi connectivity index (χ2v) is 5.93. The van der Waals surface area contributed by atoms with Crippen molar-refractivity contribution in [1.29, 1.82) is 0 Å². The Morgan fingerprint density at radius 1 is 1.12 bits per heavy atom. The number of anilines is 1. The predicted molar refractivity (Wildman–Crippen MR) is 98.1 cm³/mol. The summed E-state index contributed by atoms with van der Waals surface area (Å²) in [7, 11) is 0. The van der Waals surface area contributed by atoms with Crippen LogP contribution in [0.2, 0.25) is 0 Å². The van der Waals surface area contributed by atoms with Crippen LogP contribution in [0.3, 0.4) is 0 Å². The molecule has 3 rings (SSSR count). The molecule has 0 amide bonds. The van der Waals surface area contributed by atoms with E-state index in [2.05, 4.69) is 10.4 Å². The van der Waals surface area contributed by atoms with Gasteiger partial charge in [-0.3, -0.25) is 0 Å². The summed E-state index contributed by atoms with van der Waals surface area (Å²) in [6.45, 7) is 3.86. The number of aliphatic carboxylic acids is 1. The van der Waals surface area contributed by atoms with Crippen LogP contribution in [0.15, 0.2) is 65.9 Å². The smallest absolute Gasteiger partial charge is 0.333 e. The molecule has 3 aromatic rings. The molecule has 7 nitrogen and oxygen atoms in total. The van der Waals surface area contributed by atoms with Crippen LogP contribution in [0.5, 0.6) is 0 Å². The van der Waals surface area contributed by atoms with Gasteiger partial charge < -0.3 is 5.11 Å². The summed E-state index contributed by atoms with van der Waals surface area (Å²) in [5.41, 5.74) is 3.56. The lowest BCUT2D eigenvalue weighted by Gasteiger charge is -2.23. The van der Waals surface area contributed by atoms with Gasteiger partial charge in [-0.05, 0) is 49.7 Å². The molecular weight excluding hydrogens is 332 g/mol. The van der Waals surface area contributed by atoms with E-state index in [9.17, 15) is 14.8 Å². The average Bonchev–Trinajstić information content (AvgIpc) is 2.98. The van der Waals surface area contributed by atoms with Gasteiger partial charge in [0.15, 0.2) is 6.04 Å². The van der Waals surface area contributed by atoms with E-state index in [0.29, 0.717) is 11.3 Å². The van der Waals surface area contributed by atoms with Crippen LogP contribution in [-0.2, 0) is 4.79 Å². The zero-order valence-electron chi connectivity index (χ0n) is 14.4. The zero-order valence-corrected chi connectivity index (χ0v) is 14.4. The molecule has 0 saturated carbocycles. The fourth-order valence-electron chi connectivity index (χ4n) is 2.90. The Morgan fingerprint density at radius 2 is 1.77 bits per heavy atom. The first-order valence-corrected chi connectivity index (χ1v) is 8.05. The summed E-state index contributed by atoms with van der Waals surface area (Å²) in [4.78, 5) is 23.2. The van der Waals surface area contributed by atoms with E-state index < -0.39 is 12.0 Å². The molecule has 0 bridgehead atoms. The van der Waals surface area contributed by atoms with Crippen LogP contribution in [0.1, 0.15) is 23.0 Å². The Balaban J connectivity index is 1.96. The second kappa shape index (κ2) is 7.18. The molecule has 1 atom stereocenters. The van der Waals surface area contributed by atoms with Gasteiger partial charge in [0.05, 0.1) is 22.4 Å². The molecule has 0 aliphatic carbocycles. The summed E-state index contributed by atoms with van der Waals surface area (Å²) in [6.07, 6.45) is 0. The summed E-state index contributed by atoms with van der Waals surface area (Å²) in [5, 5.41) is 17.9. The van der Waals surface area contributed by atoms with E-state index in [1.807, 2.05) is 19.9 Å².